The molecule has 0 saturated heterocycles. The van der Waals surface area contributed by atoms with Crippen molar-refractivity contribution >= 4 is 11.9 Å². The van der Waals surface area contributed by atoms with Crippen LogP contribution in [-0.4, -0.2) is 80.9 Å². The molecule has 53 heavy (non-hydrogen) atoms. The van der Waals surface area contributed by atoms with Crippen molar-refractivity contribution in [1.82, 2.24) is 14.7 Å². The van der Waals surface area contributed by atoms with Crippen LogP contribution in [-0.2, 0) is 25.6 Å². The summed E-state index contributed by atoms with van der Waals surface area (Å²) in [5, 5.41) is 26.3. The zero-order valence-corrected chi connectivity index (χ0v) is 35.0. The van der Waals surface area contributed by atoms with Crippen molar-refractivity contribution in [3.8, 4) is 0 Å². The third-order valence-corrected chi connectivity index (χ3v) is 10.6. The number of hydrogen-bond donors (Lipinski definition) is 2. The minimum atomic E-state index is -0.506. The lowest BCUT2D eigenvalue weighted by molar-refractivity contribution is -0.150. The van der Waals surface area contributed by atoms with Gasteiger partial charge in [-0.05, 0) is 77.2 Å². The second-order valence-electron chi connectivity index (χ2n) is 15.6. The van der Waals surface area contributed by atoms with Crippen LogP contribution in [0.1, 0.15) is 200 Å². The van der Waals surface area contributed by atoms with E-state index in [-0.39, 0.29) is 24.1 Å². The highest BCUT2D eigenvalue weighted by Crippen LogP contribution is 2.17. The van der Waals surface area contributed by atoms with Crippen molar-refractivity contribution in [2.45, 2.75) is 233 Å². The quantitative estimate of drug-likeness (QED) is 0.0511. The second-order valence-corrected chi connectivity index (χ2v) is 15.6. The number of aliphatic hydroxyl groups is 2. The van der Waals surface area contributed by atoms with Crippen LogP contribution in [0.25, 0.3) is 0 Å². The number of aliphatic hydroxyl groups excluding tert-OH is 2. The summed E-state index contributed by atoms with van der Waals surface area (Å²) < 4.78 is 13.5. The third kappa shape index (κ3) is 27.3. The first-order valence-electron chi connectivity index (χ1n) is 22.2. The number of rotatable bonds is 37. The van der Waals surface area contributed by atoms with E-state index in [0.717, 1.165) is 82.7 Å². The van der Waals surface area contributed by atoms with Gasteiger partial charge in [-0.15, -0.1) is 0 Å². The van der Waals surface area contributed by atoms with Crippen molar-refractivity contribution in [1.29, 1.82) is 0 Å². The summed E-state index contributed by atoms with van der Waals surface area (Å²) in [6.07, 6.45) is 26.6. The molecule has 9 nitrogen and oxygen atoms in total. The Morgan fingerprint density at radius 3 is 1.47 bits per heavy atom. The van der Waals surface area contributed by atoms with Gasteiger partial charge in [0.2, 0.25) is 0 Å². The number of carbonyl (C=O) groups is 2. The summed E-state index contributed by atoms with van der Waals surface area (Å²) >= 11 is 0. The van der Waals surface area contributed by atoms with Gasteiger partial charge >= 0.3 is 11.9 Å². The number of ether oxygens (including phenoxy) is 2. The van der Waals surface area contributed by atoms with E-state index in [1.54, 1.807) is 6.20 Å². The lowest BCUT2D eigenvalue weighted by atomic mass is 10.1. The van der Waals surface area contributed by atoms with E-state index in [1.807, 2.05) is 17.7 Å². The van der Waals surface area contributed by atoms with E-state index in [4.69, 9.17) is 9.47 Å². The fourth-order valence-corrected chi connectivity index (χ4v) is 7.04. The Kier molecular flexibility index (Phi) is 30.9. The van der Waals surface area contributed by atoms with Crippen LogP contribution in [0.15, 0.2) is 12.3 Å². The Hall–Kier alpha value is -1.97. The fourth-order valence-electron chi connectivity index (χ4n) is 7.04. The van der Waals surface area contributed by atoms with E-state index in [1.165, 1.54) is 64.2 Å². The lowest BCUT2D eigenvalue weighted by Crippen LogP contribution is -2.40. The van der Waals surface area contributed by atoms with Crippen molar-refractivity contribution in [2.75, 3.05) is 19.6 Å². The minimum Gasteiger partial charge on any atom is -0.462 e. The molecule has 0 spiro atoms. The topological polar surface area (TPSA) is 114 Å². The van der Waals surface area contributed by atoms with Crippen LogP contribution in [0.2, 0.25) is 0 Å². The average Bonchev–Trinajstić information content (AvgIpc) is 3.56. The molecular weight excluding hydrogens is 666 g/mol. The largest absolute Gasteiger partial charge is 0.462 e. The molecule has 0 radical (unpaired) electrons. The molecule has 0 fully saturated rings. The van der Waals surface area contributed by atoms with Gasteiger partial charge in [0.05, 0.1) is 18.8 Å². The first-order chi connectivity index (χ1) is 25.7. The van der Waals surface area contributed by atoms with Crippen molar-refractivity contribution in [2.24, 2.45) is 0 Å². The number of aromatic nitrogens is 2. The molecule has 310 valence electrons. The summed E-state index contributed by atoms with van der Waals surface area (Å²) in [4.78, 5) is 27.0. The van der Waals surface area contributed by atoms with Gasteiger partial charge in [0.25, 0.3) is 0 Å². The second kappa shape index (κ2) is 33.4. The van der Waals surface area contributed by atoms with Crippen LogP contribution < -0.4 is 0 Å². The average molecular weight is 750 g/mol. The summed E-state index contributed by atoms with van der Waals surface area (Å²) in [6, 6.07) is 1.98. The molecule has 0 bridgehead atoms. The SMILES string of the molecule is CCCCCCCCC(CC)OC(=O)CCCCCC(O)CN(CCn1nccc1C)CC(O)CCCCCC(=O)OC(CC)CCCCCCCC. The van der Waals surface area contributed by atoms with E-state index in [2.05, 4.69) is 37.7 Å². The number of hydrogen-bond acceptors (Lipinski definition) is 8. The molecule has 0 aliphatic carbocycles. The van der Waals surface area contributed by atoms with Crippen LogP contribution in [0.5, 0.6) is 0 Å². The predicted molar refractivity (Wildman–Crippen MR) is 218 cm³/mol. The predicted octanol–water partition coefficient (Wildman–Crippen LogP) is 10.3. The van der Waals surface area contributed by atoms with Gasteiger partial charge in [0, 0.05) is 44.4 Å². The molecule has 4 unspecified atom stereocenters. The van der Waals surface area contributed by atoms with Gasteiger partial charge in [-0.25, -0.2) is 0 Å². The summed E-state index contributed by atoms with van der Waals surface area (Å²) in [5.74, 6) is -0.192. The summed E-state index contributed by atoms with van der Waals surface area (Å²) in [5.41, 5.74) is 1.09. The van der Waals surface area contributed by atoms with Crippen LogP contribution in [0, 0.1) is 6.92 Å². The highest BCUT2D eigenvalue weighted by molar-refractivity contribution is 5.69. The smallest absolute Gasteiger partial charge is 0.306 e. The monoisotopic (exact) mass is 750 g/mol. The number of unbranched alkanes of at least 4 members (excludes halogenated alkanes) is 14. The Morgan fingerprint density at radius 2 is 1.06 bits per heavy atom. The highest BCUT2D eigenvalue weighted by atomic mass is 16.5. The number of aryl methyl sites for hydroxylation is 1. The van der Waals surface area contributed by atoms with Crippen LogP contribution in [0.4, 0.5) is 0 Å². The Morgan fingerprint density at radius 1 is 0.642 bits per heavy atom. The maximum Gasteiger partial charge on any atom is 0.306 e. The molecule has 1 heterocycles. The fraction of sp³-hybridized carbons (Fsp3) is 0.886. The molecule has 0 aliphatic rings. The number of esters is 2. The summed E-state index contributed by atoms with van der Waals surface area (Å²) in [6.45, 7) is 13.0. The zero-order chi connectivity index (χ0) is 38.9. The van der Waals surface area contributed by atoms with E-state index in [0.29, 0.717) is 51.9 Å². The molecular formula is C44H83N3O6. The lowest BCUT2D eigenvalue weighted by Gasteiger charge is -2.27. The molecule has 0 amide bonds. The molecule has 4 atom stereocenters. The van der Waals surface area contributed by atoms with Crippen molar-refractivity contribution in [3.63, 3.8) is 0 Å². The Balaban J connectivity index is 2.36. The zero-order valence-electron chi connectivity index (χ0n) is 35.0. The first kappa shape index (κ1) is 49.0. The van der Waals surface area contributed by atoms with Gasteiger partial charge in [-0.2, -0.15) is 5.10 Å². The molecule has 1 rings (SSSR count). The van der Waals surface area contributed by atoms with Gasteiger partial charge < -0.3 is 19.7 Å². The van der Waals surface area contributed by atoms with E-state index < -0.39 is 12.2 Å². The van der Waals surface area contributed by atoms with Crippen LogP contribution >= 0.6 is 0 Å². The molecule has 0 aliphatic heterocycles. The van der Waals surface area contributed by atoms with E-state index >= 15 is 0 Å². The molecule has 9 heteroatoms. The van der Waals surface area contributed by atoms with Gasteiger partial charge in [-0.3, -0.25) is 19.2 Å². The molecule has 1 aromatic rings. The first-order valence-corrected chi connectivity index (χ1v) is 22.2. The minimum absolute atomic E-state index is 0.0317. The maximum absolute atomic E-state index is 12.4. The maximum atomic E-state index is 12.4. The van der Waals surface area contributed by atoms with Crippen molar-refractivity contribution in [3.05, 3.63) is 18.0 Å². The Labute approximate surface area is 325 Å². The Bertz CT molecular complexity index is 948. The van der Waals surface area contributed by atoms with Gasteiger partial charge in [0.15, 0.2) is 0 Å². The van der Waals surface area contributed by atoms with Gasteiger partial charge in [0.1, 0.15) is 12.2 Å². The molecule has 2 N–H and O–H groups in total. The highest BCUT2D eigenvalue weighted by Gasteiger charge is 2.18. The van der Waals surface area contributed by atoms with Crippen molar-refractivity contribution < 1.29 is 29.3 Å². The molecule has 0 aromatic carbocycles. The number of carbonyl (C=O) groups excluding carboxylic acids is 2. The standard InChI is InChI=1S/C44H83N3O6/c1-6-10-12-14-16-22-28-41(8-3)52-43(50)30-24-18-20-26-39(48)36-46(34-35-47-38(5)32-33-45-47)37-40(49)27-21-19-25-31-44(51)53-42(9-4)29-23-17-15-13-11-7-2/h32-33,39-42,48-49H,6-31,34-37H2,1-5H3. The summed E-state index contributed by atoms with van der Waals surface area (Å²) in [7, 11) is 0. The van der Waals surface area contributed by atoms with Crippen LogP contribution in [0.3, 0.4) is 0 Å². The van der Waals surface area contributed by atoms with E-state index in [9.17, 15) is 19.8 Å². The molecule has 0 saturated carbocycles. The molecule has 1 aromatic heterocycles. The van der Waals surface area contributed by atoms with Gasteiger partial charge in [-0.1, -0.05) is 118 Å². The normalized spacial score (nSPS) is 14.0. The third-order valence-electron chi connectivity index (χ3n) is 10.6. The number of nitrogens with zero attached hydrogens (tertiary/aromatic N) is 3.